The van der Waals surface area contributed by atoms with Crippen molar-refractivity contribution in [3.8, 4) is 0 Å². The lowest BCUT2D eigenvalue weighted by atomic mass is 10.1. The number of anilines is 1. The van der Waals surface area contributed by atoms with Gasteiger partial charge in [-0.05, 0) is 24.8 Å². The predicted octanol–water partition coefficient (Wildman–Crippen LogP) is 1.87. The normalized spacial score (nSPS) is 12.3. The van der Waals surface area contributed by atoms with Crippen LogP contribution in [0.1, 0.15) is 13.3 Å². The number of nitrogens with zero attached hydrogens (tertiary/aromatic N) is 1. The maximum Gasteiger partial charge on any atom is 0.234 e. The number of fused-ring (bicyclic) bond motifs is 1. The summed E-state index contributed by atoms with van der Waals surface area (Å²) in [5.41, 5.74) is 12.1. The number of hydrogen-bond donors (Lipinski definition) is 2. The molecule has 2 aromatic rings. The number of benzene rings is 2. The molecule has 0 saturated carbocycles. The molecular formula is C16H21N3O. The Morgan fingerprint density at radius 2 is 1.90 bits per heavy atom. The molecule has 0 aromatic heterocycles. The first-order valence-corrected chi connectivity index (χ1v) is 6.91. The summed E-state index contributed by atoms with van der Waals surface area (Å²) in [6.07, 6.45) is 0.562. The Hall–Kier alpha value is -2.07. The molecule has 2 aromatic carbocycles. The molecule has 1 atom stereocenters. The van der Waals surface area contributed by atoms with Crippen LogP contribution in [0, 0.1) is 0 Å². The number of amides is 1. The van der Waals surface area contributed by atoms with E-state index in [-0.39, 0.29) is 0 Å². The van der Waals surface area contributed by atoms with Gasteiger partial charge in [-0.1, -0.05) is 36.4 Å². The Bertz CT molecular complexity index is 592. The highest BCUT2D eigenvalue weighted by Crippen LogP contribution is 2.26. The van der Waals surface area contributed by atoms with Gasteiger partial charge in [-0.25, -0.2) is 0 Å². The van der Waals surface area contributed by atoms with E-state index in [0.717, 1.165) is 6.54 Å². The third kappa shape index (κ3) is 3.08. The minimum atomic E-state index is -0.584. The number of carbonyl (C=O) groups excluding carboxylic acids is 1. The monoisotopic (exact) mass is 271 g/mol. The summed E-state index contributed by atoms with van der Waals surface area (Å²) in [7, 11) is 0. The lowest BCUT2D eigenvalue weighted by molar-refractivity contribution is -0.119. The minimum absolute atomic E-state index is 0.445. The van der Waals surface area contributed by atoms with Gasteiger partial charge in [-0.3, -0.25) is 4.79 Å². The highest BCUT2D eigenvalue weighted by molar-refractivity contribution is 5.94. The third-order valence-electron chi connectivity index (χ3n) is 3.56. The summed E-state index contributed by atoms with van der Waals surface area (Å²) in [5, 5.41) is 2.42. The van der Waals surface area contributed by atoms with Crippen LogP contribution < -0.4 is 16.4 Å². The van der Waals surface area contributed by atoms with Gasteiger partial charge in [0.15, 0.2) is 0 Å². The van der Waals surface area contributed by atoms with Crippen LogP contribution in [0.5, 0.6) is 0 Å². The molecule has 0 fully saturated rings. The number of carbonyl (C=O) groups is 1. The van der Waals surface area contributed by atoms with Crippen LogP contribution in [0.4, 0.5) is 5.69 Å². The molecule has 0 saturated heterocycles. The van der Waals surface area contributed by atoms with Crippen LogP contribution in [0.3, 0.4) is 0 Å². The molecular weight excluding hydrogens is 250 g/mol. The van der Waals surface area contributed by atoms with E-state index in [1.807, 2.05) is 18.2 Å². The van der Waals surface area contributed by atoms with Gasteiger partial charge < -0.3 is 16.4 Å². The molecule has 4 nitrogen and oxygen atoms in total. The molecule has 4 heteroatoms. The molecule has 0 radical (unpaired) electrons. The summed E-state index contributed by atoms with van der Waals surface area (Å²) < 4.78 is 0. The number of nitrogens with two attached hydrogens (primary N) is 2. The van der Waals surface area contributed by atoms with E-state index in [4.69, 9.17) is 11.5 Å². The van der Waals surface area contributed by atoms with Gasteiger partial charge in [0.1, 0.15) is 0 Å². The standard InChI is InChI=1S/C16H21N3O/c1-2-19(11-10-14(17)16(18)20)15-9-5-7-12-6-3-4-8-13(12)15/h3-9,14H,2,10-11,17H2,1H3,(H2,18,20). The summed E-state index contributed by atoms with van der Waals surface area (Å²) in [6, 6.07) is 13.9. The van der Waals surface area contributed by atoms with Gasteiger partial charge in [0.05, 0.1) is 6.04 Å². The fourth-order valence-electron chi connectivity index (χ4n) is 2.37. The molecule has 0 aliphatic rings. The number of rotatable bonds is 6. The van der Waals surface area contributed by atoms with Crippen molar-refractivity contribution in [2.45, 2.75) is 19.4 Å². The first kappa shape index (κ1) is 14.3. The largest absolute Gasteiger partial charge is 0.371 e. The molecule has 0 spiro atoms. The molecule has 1 unspecified atom stereocenters. The van der Waals surface area contributed by atoms with Crippen molar-refractivity contribution in [2.24, 2.45) is 11.5 Å². The molecule has 4 N–H and O–H groups in total. The van der Waals surface area contributed by atoms with E-state index in [2.05, 4.69) is 36.1 Å². The fraction of sp³-hybridized carbons (Fsp3) is 0.312. The molecule has 106 valence electrons. The molecule has 0 bridgehead atoms. The van der Waals surface area contributed by atoms with Crippen LogP contribution in [-0.4, -0.2) is 25.0 Å². The van der Waals surface area contributed by atoms with E-state index in [1.54, 1.807) is 0 Å². The smallest absolute Gasteiger partial charge is 0.234 e. The summed E-state index contributed by atoms with van der Waals surface area (Å²) >= 11 is 0. The van der Waals surface area contributed by atoms with E-state index >= 15 is 0 Å². The topological polar surface area (TPSA) is 72.3 Å². The van der Waals surface area contributed by atoms with Crippen molar-refractivity contribution in [2.75, 3.05) is 18.0 Å². The van der Waals surface area contributed by atoms with Crippen molar-refractivity contribution in [3.05, 3.63) is 42.5 Å². The molecule has 20 heavy (non-hydrogen) atoms. The Labute approximate surface area is 119 Å². The van der Waals surface area contributed by atoms with E-state index in [0.29, 0.717) is 13.0 Å². The maximum absolute atomic E-state index is 11.0. The highest BCUT2D eigenvalue weighted by Gasteiger charge is 2.13. The summed E-state index contributed by atoms with van der Waals surface area (Å²) in [4.78, 5) is 13.3. The Kier molecular flexibility index (Phi) is 4.58. The van der Waals surface area contributed by atoms with E-state index in [1.165, 1.54) is 16.5 Å². The van der Waals surface area contributed by atoms with Crippen LogP contribution in [0.25, 0.3) is 10.8 Å². The number of hydrogen-bond acceptors (Lipinski definition) is 3. The van der Waals surface area contributed by atoms with Crippen molar-refractivity contribution < 1.29 is 4.79 Å². The van der Waals surface area contributed by atoms with Gasteiger partial charge in [-0.15, -0.1) is 0 Å². The van der Waals surface area contributed by atoms with Crippen LogP contribution in [0.15, 0.2) is 42.5 Å². The minimum Gasteiger partial charge on any atom is -0.371 e. The van der Waals surface area contributed by atoms with Gasteiger partial charge in [0, 0.05) is 24.2 Å². The van der Waals surface area contributed by atoms with Crippen molar-refractivity contribution in [1.82, 2.24) is 0 Å². The Morgan fingerprint density at radius 3 is 2.60 bits per heavy atom. The van der Waals surface area contributed by atoms with Gasteiger partial charge in [0.25, 0.3) is 0 Å². The zero-order chi connectivity index (χ0) is 14.5. The molecule has 0 aliphatic heterocycles. The van der Waals surface area contributed by atoms with E-state index in [9.17, 15) is 4.79 Å². The van der Waals surface area contributed by atoms with Gasteiger partial charge >= 0.3 is 0 Å². The highest BCUT2D eigenvalue weighted by atomic mass is 16.1. The van der Waals surface area contributed by atoms with E-state index < -0.39 is 11.9 Å². The zero-order valence-corrected chi connectivity index (χ0v) is 11.8. The SMILES string of the molecule is CCN(CCC(N)C(N)=O)c1cccc2ccccc12. The lowest BCUT2D eigenvalue weighted by Gasteiger charge is -2.25. The van der Waals surface area contributed by atoms with Crippen LogP contribution in [-0.2, 0) is 4.79 Å². The first-order valence-electron chi connectivity index (χ1n) is 6.91. The maximum atomic E-state index is 11.0. The summed E-state index contributed by atoms with van der Waals surface area (Å²) in [6.45, 7) is 3.67. The van der Waals surface area contributed by atoms with Gasteiger partial charge in [-0.2, -0.15) is 0 Å². The molecule has 2 rings (SSSR count). The zero-order valence-electron chi connectivity index (χ0n) is 11.8. The Balaban J connectivity index is 2.23. The fourth-order valence-corrected chi connectivity index (χ4v) is 2.37. The lowest BCUT2D eigenvalue weighted by Crippen LogP contribution is -2.39. The van der Waals surface area contributed by atoms with Crippen molar-refractivity contribution in [1.29, 1.82) is 0 Å². The molecule has 1 amide bonds. The van der Waals surface area contributed by atoms with Crippen LogP contribution in [0.2, 0.25) is 0 Å². The van der Waals surface area contributed by atoms with Crippen LogP contribution >= 0.6 is 0 Å². The number of primary amides is 1. The third-order valence-corrected chi connectivity index (χ3v) is 3.56. The second-order valence-corrected chi connectivity index (χ2v) is 4.88. The van der Waals surface area contributed by atoms with Gasteiger partial charge in [0.2, 0.25) is 5.91 Å². The average Bonchev–Trinajstić information content (AvgIpc) is 2.47. The summed E-state index contributed by atoms with van der Waals surface area (Å²) in [5.74, 6) is -0.445. The first-order chi connectivity index (χ1) is 9.63. The average molecular weight is 271 g/mol. The van der Waals surface area contributed by atoms with Crippen molar-refractivity contribution in [3.63, 3.8) is 0 Å². The predicted molar refractivity (Wildman–Crippen MR) is 83.6 cm³/mol. The molecule has 0 aliphatic carbocycles. The second-order valence-electron chi connectivity index (χ2n) is 4.88. The van der Waals surface area contributed by atoms with Crippen molar-refractivity contribution >= 4 is 22.4 Å². The second kappa shape index (κ2) is 6.39. The quantitative estimate of drug-likeness (QED) is 0.842. The molecule has 0 heterocycles. The Morgan fingerprint density at radius 1 is 1.20 bits per heavy atom.